The monoisotopic (exact) mass is 404 g/mol. The van der Waals surface area contributed by atoms with Crippen molar-refractivity contribution in [2.75, 3.05) is 12.0 Å². The maximum Gasteiger partial charge on any atom is 0.257 e. The fourth-order valence-electron chi connectivity index (χ4n) is 3.50. The molecule has 7 heteroatoms. The summed E-state index contributed by atoms with van der Waals surface area (Å²) in [6.07, 6.45) is 1.42. The minimum absolute atomic E-state index is 0.0736. The van der Waals surface area contributed by atoms with Crippen LogP contribution in [0.25, 0.3) is 0 Å². The molecule has 1 aliphatic heterocycles. The molecule has 0 aliphatic carbocycles. The molecule has 2 aromatic carbocycles. The molecule has 0 spiro atoms. The third kappa shape index (κ3) is 3.69. The highest BCUT2D eigenvalue weighted by atomic mass is 16.5. The number of nitrogens with zero attached hydrogens (tertiary/aromatic N) is 2. The maximum absolute atomic E-state index is 13.3. The largest absolute Gasteiger partial charge is 0.497 e. The minimum Gasteiger partial charge on any atom is -0.497 e. The van der Waals surface area contributed by atoms with Gasteiger partial charge in [-0.3, -0.25) is 14.4 Å². The summed E-state index contributed by atoms with van der Waals surface area (Å²) in [5.74, 6) is -0.000289. The van der Waals surface area contributed by atoms with Gasteiger partial charge >= 0.3 is 0 Å². The average molecular weight is 404 g/mol. The van der Waals surface area contributed by atoms with Gasteiger partial charge in [0.25, 0.3) is 11.8 Å². The summed E-state index contributed by atoms with van der Waals surface area (Å²) < 4.78 is 10.5. The Bertz CT molecular complexity index is 1040. The van der Waals surface area contributed by atoms with E-state index in [0.717, 1.165) is 4.90 Å². The molecule has 0 saturated carbocycles. The van der Waals surface area contributed by atoms with Gasteiger partial charge < -0.3 is 14.1 Å². The van der Waals surface area contributed by atoms with Gasteiger partial charge in [0, 0.05) is 5.56 Å². The van der Waals surface area contributed by atoms with E-state index >= 15 is 0 Å². The molecule has 3 amide bonds. The van der Waals surface area contributed by atoms with Crippen LogP contribution >= 0.6 is 0 Å². The zero-order valence-corrected chi connectivity index (χ0v) is 16.4. The number of methoxy groups -OCH3 is 1. The van der Waals surface area contributed by atoms with E-state index in [9.17, 15) is 14.4 Å². The second-order valence-corrected chi connectivity index (χ2v) is 6.86. The number of rotatable bonds is 6. The Morgan fingerprint density at radius 3 is 2.43 bits per heavy atom. The average Bonchev–Trinajstić information content (AvgIpc) is 3.39. The molecule has 1 atom stereocenters. The lowest BCUT2D eigenvalue weighted by atomic mass is 10.1. The van der Waals surface area contributed by atoms with E-state index < -0.39 is 11.9 Å². The van der Waals surface area contributed by atoms with Gasteiger partial charge in [-0.1, -0.05) is 18.2 Å². The Kier molecular flexibility index (Phi) is 5.34. The second-order valence-electron chi connectivity index (χ2n) is 6.86. The maximum atomic E-state index is 13.3. The molecule has 152 valence electrons. The normalized spacial score (nSPS) is 16.0. The SMILES string of the molecule is COc1ccc(C(=O)N(Cc2ccco2)C2CC(=O)N(c3ccccc3)C2=O)cc1. The van der Waals surface area contributed by atoms with Crippen molar-refractivity contribution in [3.8, 4) is 5.75 Å². The highest BCUT2D eigenvalue weighted by Gasteiger charge is 2.44. The number of ether oxygens (including phenoxy) is 1. The molecule has 3 aromatic rings. The number of benzene rings is 2. The predicted octanol–water partition coefficient (Wildman–Crippen LogP) is 3.26. The first-order chi connectivity index (χ1) is 14.6. The first-order valence-electron chi connectivity index (χ1n) is 9.47. The highest BCUT2D eigenvalue weighted by Crippen LogP contribution is 2.28. The molecule has 4 rings (SSSR count). The summed E-state index contributed by atoms with van der Waals surface area (Å²) >= 11 is 0. The third-order valence-corrected chi connectivity index (χ3v) is 5.02. The number of hydrogen-bond acceptors (Lipinski definition) is 5. The first-order valence-corrected chi connectivity index (χ1v) is 9.47. The molecule has 0 radical (unpaired) electrons. The Balaban J connectivity index is 1.66. The molecule has 1 saturated heterocycles. The van der Waals surface area contributed by atoms with E-state index in [4.69, 9.17) is 9.15 Å². The second kappa shape index (κ2) is 8.24. The number of hydrogen-bond donors (Lipinski definition) is 0. The molecular weight excluding hydrogens is 384 g/mol. The van der Waals surface area contributed by atoms with Gasteiger partial charge in [0.05, 0.1) is 32.0 Å². The van der Waals surface area contributed by atoms with Crippen molar-refractivity contribution in [2.24, 2.45) is 0 Å². The van der Waals surface area contributed by atoms with Crippen LogP contribution in [0.1, 0.15) is 22.5 Å². The van der Waals surface area contributed by atoms with Crippen LogP contribution in [0.4, 0.5) is 5.69 Å². The van der Waals surface area contributed by atoms with E-state index in [1.807, 2.05) is 6.07 Å². The smallest absolute Gasteiger partial charge is 0.257 e. The van der Waals surface area contributed by atoms with Crippen molar-refractivity contribution in [3.05, 3.63) is 84.3 Å². The zero-order valence-electron chi connectivity index (χ0n) is 16.4. The zero-order chi connectivity index (χ0) is 21.1. The van der Waals surface area contributed by atoms with Crippen LogP contribution in [0.2, 0.25) is 0 Å². The van der Waals surface area contributed by atoms with Gasteiger partial charge in [0.2, 0.25) is 5.91 Å². The summed E-state index contributed by atoms with van der Waals surface area (Å²) in [5.41, 5.74) is 0.880. The van der Waals surface area contributed by atoms with E-state index in [-0.39, 0.29) is 24.8 Å². The van der Waals surface area contributed by atoms with Gasteiger partial charge in [0.1, 0.15) is 17.6 Å². The Morgan fingerprint density at radius 1 is 1.07 bits per heavy atom. The highest BCUT2D eigenvalue weighted by molar-refractivity contribution is 6.23. The molecule has 7 nitrogen and oxygen atoms in total. The van der Waals surface area contributed by atoms with Crippen molar-refractivity contribution in [2.45, 2.75) is 19.0 Å². The fraction of sp³-hybridized carbons (Fsp3) is 0.174. The number of carbonyl (C=O) groups is 3. The van der Waals surface area contributed by atoms with Gasteiger partial charge in [0.15, 0.2) is 0 Å². The number of carbonyl (C=O) groups excluding carboxylic acids is 3. The third-order valence-electron chi connectivity index (χ3n) is 5.02. The molecule has 2 heterocycles. The Hall–Kier alpha value is -3.87. The van der Waals surface area contributed by atoms with Crippen LogP contribution in [0.3, 0.4) is 0 Å². The molecule has 0 bridgehead atoms. The van der Waals surface area contributed by atoms with Gasteiger partial charge in [-0.05, 0) is 48.5 Å². The van der Waals surface area contributed by atoms with E-state index in [1.54, 1.807) is 67.8 Å². The Labute approximate surface area is 173 Å². The van der Waals surface area contributed by atoms with Crippen LogP contribution in [0.15, 0.2) is 77.4 Å². The van der Waals surface area contributed by atoms with Crippen LogP contribution in [0, 0.1) is 0 Å². The Morgan fingerprint density at radius 2 is 1.80 bits per heavy atom. The van der Waals surface area contributed by atoms with E-state index in [1.165, 1.54) is 11.2 Å². The van der Waals surface area contributed by atoms with Gasteiger partial charge in [-0.2, -0.15) is 0 Å². The standard InChI is InChI=1S/C23H20N2O5/c1-29-18-11-9-16(10-12-18)22(27)24(15-19-8-5-13-30-19)20-14-21(26)25(23(20)28)17-6-3-2-4-7-17/h2-13,20H,14-15H2,1H3. The fourth-order valence-corrected chi connectivity index (χ4v) is 3.50. The number of amides is 3. The number of anilines is 1. The molecule has 30 heavy (non-hydrogen) atoms. The van der Waals surface area contributed by atoms with Crippen molar-refractivity contribution in [3.63, 3.8) is 0 Å². The molecule has 1 aliphatic rings. The lowest BCUT2D eigenvalue weighted by Crippen LogP contribution is -2.45. The van der Waals surface area contributed by atoms with Crippen molar-refractivity contribution in [1.82, 2.24) is 4.90 Å². The molecule has 1 unspecified atom stereocenters. The topological polar surface area (TPSA) is 80.1 Å². The first kappa shape index (κ1) is 19.4. The molecule has 1 aromatic heterocycles. The van der Waals surface area contributed by atoms with Gasteiger partial charge in [-0.25, -0.2) is 4.90 Å². The van der Waals surface area contributed by atoms with Crippen molar-refractivity contribution in [1.29, 1.82) is 0 Å². The number of furan rings is 1. The molecular formula is C23H20N2O5. The van der Waals surface area contributed by atoms with Crippen LogP contribution in [0.5, 0.6) is 5.75 Å². The summed E-state index contributed by atoms with van der Waals surface area (Å²) in [6, 6.07) is 17.8. The van der Waals surface area contributed by atoms with E-state index in [0.29, 0.717) is 22.8 Å². The summed E-state index contributed by atoms with van der Waals surface area (Å²) in [6.45, 7) is 0.0736. The minimum atomic E-state index is -0.919. The summed E-state index contributed by atoms with van der Waals surface area (Å²) in [5, 5.41) is 0. The quantitative estimate of drug-likeness (QED) is 0.589. The van der Waals surface area contributed by atoms with Crippen molar-refractivity contribution >= 4 is 23.4 Å². The van der Waals surface area contributed by atoms with Crippen molar-refractivity contribution < 1.29 is 23.5 Å². The number of imide groups is 1. The molecule has 1 fully saturated rings. The van der Waals surface area contributed by atoms with Gasteiger partial charge in [-0.15, -0.1) is 0 Å². The predicted molar refractivity (Wildman–Crippen MR) is 109 cm³/mol. The summed E-state index contributed by atoms with van der Waals surface area (Å²) in [7, 11) is 1.54. The van der Waals surface area contributed by atoms with Crippen LogP contribution in [-0.2, 0) is 16.1 Å². The van der Waals surface area contributed by atoms with Crippen LogP contribution < -0.4 is 9.64 Å². The number of para-hydroxylation sites is 1. The van der Waals surface area contributed by atoms with Crippen LogP contribution in [-0.4, -0.2) is 35.8 Å². The molecule has 0 N–H and O–H groups in total. The van der Waals surface area contributed by atoms with E-state index in [2.05, 4.69) is 0 Å². The lowest BCUT2D eigenvalue weighted by molar-refractivity contribution is -0.122. The summed E-state index contributed by atoms with van der Waals surface area (Å²) in [4.78, 5) is 41.7. The lowest BCUT2D eigenvalue weighted by Gasteiger charge is -2.27.